The number of nitrogens with zero attached hydrogens (tertiary/aromatic N) is 2. The molecule has 0 aliphatic heterocycles. The number of aromatic amines is 1. The molecule has 0 atom stereocenters. The van der Waals surface area contributed by atoms with Gasteiger partial charge in [0.05, 0.1) is 31.1 Å². The van der Waals surface area contributed by atoms with Gasteiger partial charge in [-0.05, 0) is 13.0 Å². The number of aromatic nitrogens is 3. The van der Waals surface area contributed by atoms with Crippen molar-refractivity contribution in [1.82, 2.24) is 14.8 Å². The van der Waals surface area contributed by atoms with Crippen molar-refractivity contribution in [3.8, 4) is 11.1 Å². The van der Waals surface area contributed by atoms with Crippen LogP contribution in [-0.4, -0.2) is 35.1 Å². The van der Waals surface area contributed by atoms with Crippen LogP contribution in [0.4, 0.5) is 13.2 Å². The molecule has 0 amide bonds. The highest BCUT2D eigenvalue weighted by Gasteiger charge is 2.33. The number of pyridine rings is 1. The van der Waals surface area contributed by atoms with E-state index in [1.165, 1.54) is 24.9 Å². The van der Waals surface area contributed by atoms with E-state index < -0.39 is 11.9 Å². The second-order valence-electron chi connectivity index (χ2n) is 5.21. The van der Waals surface area contributed by atoms with Crippen LogP contribution in [0.5, 0.6) is 0 Å². The summed E-state index contributed by atoms with van der Waals surface area (Å²) in [5.74, 6) is 0. The summed E-state index contributed by atoms with van der Waals surface area (Å²) in [6.07, 6.45) is -4.57. The topological polar surface area (TPSA) is 69.1 Å². The molecular formula is C15H18F3N3O3. The Hall–Kier alpha value is -2.13. The van der Waals surface area contributed by atoms with Gasteiger partial charge in [0.15, 0.2) is 0 Å². The van der Waals surface area contributed by atoms with Gasteiger partial charge >= 0.3 is 6.18 Å². The third-order valence-corrected chi connectivity index (χ3v) is 3.43. The van der Waals surface area contributed by atoms with E-state index in [2.05, 4.69) is 10.1 Å². The predicted octanol–water partition coefficient (Wildman–Crippen LogP) is 2.27. The molecule has 0 unspecified atom stereocenters. The maximum absolute atomic E-state index is 12.9. The van der Waals surface area contributed by atoms with Crippen molar-refractivity contribution < 1.29 is 22.6 Å². The highest BCUT2D eigenvalue weighted by molar-refractivity contribution is 5.67. The van der Waals surface area contributed by atoms with Gasteiger partial charge in [-0.25, -0.2) is 4.98 Å². The second-order valence-corrected chi connectivity index (χ2v) is 5.21. The van der Waals surface area contributed by atoms with Crippen LogP contribution in [0.2, 0.25) is 0 Å². The Bertz CT molecular complexity index is 766. The van der Waals surface area contributed by atoms with Gasteiger partial charge in [0.25, 0.3) is 5.56 Å². The fraction of sp³-hybridized carbons (Fsp3) is 0.467. The minimum absolute atomic E-state index is 0.0562. The fourth-order valence-electron chi connectivity index (χ4n) is 2.31. The zero-order valence-electron chi connectivity index (χ0n) is 13.5. The zero-order valence-corrected chi connectivity index (χ0v) is 13.5. The highest BCUT2D eigenvalue weighted by Crippen LogP contribution is 2.31. The summed E-state index contributed by atoms with van der Waals surface area (Å²) in [6.45, 7) is 2.03. The second kappa shape index (κ2) is 7.18. The van der Waals surface area contributed by atoms with Gasteiger partial charge in [0, 0.05) is 25.4 Å². The van der Waals surface area contributed by atoms with Crippen LogP contribution < -0.4 is 5.56 Å². The number of ether oxygens (including phenoxy) is 2. The molecule has 6 nitrogen and oxygen atoms in total. The molecular weight excluding hydrogens is 327 g/mol. The average Bonchev–Trinajstić information content (AvgIpc) is 2.76. The molecule has 2 aromatic heterocycles. The minimum atomic E-state index is -4.57. The first kappa shape index (κ1) is 18.2. The van der Waals surface area contributed by atoms with Crippen molar-refractivity contribution >= 4 is 0 Å². The summed E-state index contributed by atoms with van der Waals surface area (Å²) in [5, 5.41) is 2.82. The molecule has 0 fully saturated rings. The lowest BCUT2D eigenvalue weighted by Crippen LogP contribution is -2.16. The van der Waals surface area contributed by atoms with E-state index in [0.717, 1.165) is 6.07 Å². The largest absolute Gasteiger partial charge is 0.433 e. The van der Waals surface area contributed by atoms with Crippen LogP contribution in [-0.2, 0) is 29.3 Å². The molecule has 0 aromatic carbocycles. The van der Waals surface area contributed by atoms with Gasteiger partial charge < -0.3 is 9.47 Å². The lowest BCUT2D eigenvalue weighted by Gasteiger charge is -2.12. The molecule has 0 radical (unpaired) electrons. The van der Waals surface area contributed by atoms with Crippen molar-refractivity contribution in [1.29, 1.82) is 0 Å². The molecule has 0 spiro atoms. The standard InChI is InChI=1S/C15H18F3N3O3/c1-9-13(14(22)21(2)20-9)10-4-5-12(15(16,17)18)19-11(10)8-24-7-6-23-3/h4-5,20H,6-8H2,1-3H3. The number of rotatable bonds is 6. The summed E-state index contributed by atoms with van der Waals surface area (Å²) in [5.41, 5.74) is -0.166. The molecule has 0 aliphatic rings. The van der Waals surface area contributed by atoms with Crippen molar-refractivity contribution in [2.24, 2.45) is 7.05 Å². The summed E-state index contributed by atoms with van der Waals surface area (Å²) in [4.78, 5) is 15.9. The number of hydrogen-bond acceptors (Lipinski definition) is 4. The van der Waals surface area contributed by atoms with E-state index in [0.29, 0.717) is 17.9 Å². The molecule has 2 aromatic rings. The minimum Gasteiger partial charge on any atom is -0.382 e. The first-order valence-electron chi connectivity index (χ1n) is 7.15. The van der Waals surface area contributed by atoms with Gasteiger partial charge in [0.2, 0.25) is 0 Å². The maximum atomic E-state index is 12.9. The number of alkyl halides is 3. The van der Waals surface area contributed by atoms with E-state index in [-0.39, 0.29) is 30.0 Å². The Labute approximate surface area is 136 Å². The van der Waals surface area contributed by atoms with Crippen molar-refractivity contribution in [2.75, 3.05) is 20.3 Å². The van der Waals surface area contributed by atoms with Crippen molar-refractivity contribution in [3.63, 3.8) is 0 Å². The molecule has 9 heteroatoms. The first-order valence-corrected chi connectivity index (χ1v) is 7.15. The molecule has 0 bridgehead atoms. The molecule has 2 rings (SSSR count). The Morgan fingerprint density at radius 1 is 1.29 bits per heavy atom. The van der Waals surface area contributed by atoms with Crippen LogP contribution in [0.3, 0.4) is 0 Å². The number of hydrogen-bond donors (Lipinski definition) is 1. The average molecular weight is 345 g/mol. The van der Waals surface area contributed by atoms with E-state index in [1.807, 2.05) is 0 Å². The van der Waals surface area contributed by atoms with E-state index >= 15 is 0 Å². The Morgan fingerprint density at radius 2 is 2.00 bits per heavy atom. The third kappa shape index (κ3) is 3.85. The molecule has 0 saturated carbocycles. The molecule has 2 heterocycles. The van der Waals surface area contributed by atoms with Crippen molar-refractivity contribution in [2.45, 2.75) is 19.7 Å². The summed E-state index contributed by atoms with van der Waals surface area (Å²) in [6, 6.07) is 2.11. The lowest BCUT2D eigenvalue weighted by molar-refractivity contribution is -0.141. The van der Waals surface area contributed by atoms with E-state index in [9.17, 15) is 18.0 Å². The quantitative estimate of drug-likeness (QED) is 0.816. The number of aryl methyl sites for hydroxylation is 2. The van der Waals surface area contributed by atoms with E-state index in [1.54, 1.807) is 6.92 Å². The number of nitrogens with one attached hydrogen (secondary N) is 1. The molecule has 24 heavy (non-hydrogen) atoms. The van der Waals surface area contributed by atoms with Gasteiger partial charge in [-0.3, -0.25) is 14.6 Å². The van der Waals surface area contributed by atoms with Gasteiger partial charge in [-0.1, -0.05) is 6.07 Å². The SMILES string of the molecule is COCCOCc1nc(C(F)(F)F)ccc1-c1c(C)[nH]n(C)c1=O. The predicted molar refractivity (Wildman–Crippen MR) is 80.5 cm³/mol. The van der Waals surface area contributed by atoms with Gasteiger partial charge in [0.1, 0.15) is 5.69 Å². The van der Waals surface area contributed by atoms with Gasteiger partial charge in [-0.15, -0.1) is 0 Å². The lowest BCUT2D eigenvalue weighted by atomic mass is 10.0. The highest BCUT2D eigenvalue weighted by atomic mass is 19.4. The zero-order chi connectivity index (χ0) is 17.9. The number of H-pyrrole nitrogens is 1. The molecule has 0 aliphatic carbocycles. The third-order valence-electron chi connectivity index (χ3n) is 3.43. The Balaban J connectivity index is 2.47. The smallest absolute Gasteiger partial charge is 0.382 e. The van der Waals surface area contributed by atoms with Crippen molar-refractivity contribution in [3.05, 3.63) is 39.6 Å². The van der Waals surface area contributed by atoms with Crippen LogP contribution in [0.15, 0.2) is 16.9 Å². The van der Waals surface area contributed by atoms with Crippen LogP contribution >= 0.6 is 0 Å². The number of halogens is 3. The summed E-state index contributed by atoms with van der Waals surface area (Å²) in [7, 11) is 3.02. The first-order chi connectivity index (χ1) is 11.3. The Morgan fingerprint density at radius 3 is 2.54 bits per heavy atom. The van der Waals surface area contributed by atoms with Crippen LogP contribution in [0.1, 0.15) is 17.1 Å². The van der Waals surface area contributed by atoms with Crippen LogP contribution in [0.25, 0.3) is 11.1 Å². The fourth-order valence-corrected chi connectivity index (χ4v) is 2.31. The molecule has 1 N–H and O–H groups in total. The monoisotopic (exact) mass is 345 g/mol. The normalized spacial score (nSPS) is 11.9. The molecule has 0 saturated heterocycles. The maximum Gasteiger partial charge on any atom is 0.433 e. The molecule has 132 valence electrons. The summed E-state index contributed by atoms with van der Waals surface area (Å²) >= 11 is 0. The number of methoxy groups -OCH3 is 1. The van der Waals surface area contributed by atoms with E-state index in [4.69, 9.17) is 9.47 Å². The Kier molecular flexibility index (Phi) is 5.45. The van der Waals surface area contributed by atoms with Crippen LogP contribution in [0, 0.1) is 6.92 Å². The van der Waals surface area contributed by atoms with Gasteiger partial charge in [-0.2, -0.15) is 13.2 Å². The summed E-state index contributed by atoms with van der Waals surface area (Å²) < 4.78 is 50.1.